The third-order valence-electron chi connectivity index (χ3n) is 4.12. The van der Waals surface area contributed by atoms with Gasteiger partial charge in [0.25, 0.3) is 0 Å². The van der Waals surface area contributed by atoms with Gasteiger partial charge >= 0.3 is 0 Å². The van der Waals surface area contributed by atoms with Gasteiger partial charge in [0.15, 0.2) is 0 Å². The Kier molecular flexibility index (Phi) is 4.02. The standard InChI is InChI=1S/C15H22N2O/c1-12-5-2-3-6-13(12)7-10-17-14(18)15(11-16)8-4-9-15/h2-3,5-6H,4,7-11,16H2,1H3,(H,17,18). The van der Waals surface area contributed by atoms with Crippen molar-refractivity contribution in [2.75, 3.05) is 13.1 Å². The number of aryl methyl sites for hydroxylation is 1. The normalized spacial score (nSPS) is 17.0. The highest BCUT2D eigenvalue weighted by molar-refractivity contribution is 5.83. The molecule has 2 rings (SSSR count). The lowest BCUT2D eigenvalue weighted by Gasteiger charge is -2.39. The average Bonchev–Trinajstić information content (AvgIpc) is 2.31. The van der Waals surface area contributed by atoms with Crippen molar-refractivity contribution in [1.82, 2.24) is 5.32 Å². The molecule has 0 aromatic heterocycles. The molecule has 0 heterocycles. The van der Waals surface area contributed by atoms with Crippen molar-refractivity contribution in [3.8, 4) is 0 Å². The van der Waals surface area contributed by atoms with Gasteiger partial charge in [0.1, 0.15) is 0 Å². The first-order chi connectivity index (χ1) is 8.68. The fourth-order valence-electron chi connectivity index (χ4n) is 2.52. The van der Waals surface area contributed by atoms with E-state index in [1.807, 2.05) is 12.1 Å². The van der Waals surface area contributed by atoms with Gasteiger partial charge in [0.2, 0.25) is 5.91 Å². The number of nitrogens with one attached hydrogen (secondary N) is 1. The molecular formula is C15H22N2O. The Labute approximate surface area is 109 Å². The lowest BCUT2D eigenvalue weighted by Crippen LogP contribution is -2.50. The van der Waals surface area contributed by atoms with Crippen molar-refractivity contribution in [3.63, 3.8) is 0 Å². The van der Waals surface area contributed by atoms with Gasteiger partial charge in [0, 0.05) is 13.1 Å². The van der Waals surface area contributed by atoms with Crippen molar-refractivity contribution in [1.29, 1.82) is 0 Å². The Balaban J connectivity index is 1.82. The molecule has 98 valence electrons. The number of carbonyl (C=O) groups is 1. The van der Waals surface area contributed by atoms with E-state index in [-0.39, 0.29) is 11.3 Å². The van der Waals surface area contributed by atoms with E-state index < -0.39 is 0 Å². The predicted molar refractivity (Wildman–Crippen MR) is 73.2 cm³/mol. The average molecular weight is 246 g/mol. The second kappa shape index (κ2) is 5.53. The van der Waals surface area contributed by atoms with Crippen LogP contribution in [0.3, 0.4) is 0 Å². The fourth-order valence-corrected chi connectivity index (χ4v) is 2.52. The van der Waals surface area contributed by atoms with Crippen LogP contribution in [0.4, 0.5) is 0 Å². The van der Waals surface area contributed by atoms with Gasteiger partial charge in [-0.2, -0.15) is 0 Å². The highest BCUT2D eigenvalue weighted by Gasteiger charge is 2.42. The third kappa shape index (κ3) is 2.56. The molecule has 3 N–H and O–H groups in total. The van der Waals surface area contributed by atoms with E-state index in [1.54, 1.807) is 0 Å². The Bertz CT molecular complexity index is 419. The Morgan fingerprint density at radius 2 is 2.11 bits per heavy atom. The van der Waals surface area contributed by atoms with Crippen molar-refractivity contribution in [3.05, 3.63) is 35.4 Å². The molecule has 0 spiro atoms. The van der Waals surface area contributed by atoms with E-state index in [2.05, 4.69) is 24.4 Å². The van der Waals surface area contributed by atoms with Gasteiger partial charge in [-0.15, -0.1) is 0 Å². The maximum atomic E-state index is 12.1. The minimum Gasteiger partial charge on any atom is -0.355 e. The third-order valence-corrected chi connectivity index (χ3v) is 4.12. The van der Waals surface area contributed by atoms with Crippen LogP contribution in [-0.4, -0.2) is 19.0 Å². The molecule has 1 aromatic rings. The molecule has 0 unspecified atom stereocenters. The minimum absolute atomic E-state index is 0.143. The molecule has 0 bridgehead atoms. The first kappa shape index (κ1) is 13.1. The van der Waals surface area contributed by atoms with E-state index in [1.165, 1.54) is 11.1 Å². The summed E-state index contributed by atoms with van der Waals surface area (Å²) in [6.07, 6.45) is 3.90. The zero-order chi connectivity index (χ0) is 13.0. The van der Waals surface area contributed by atoms with Crippen LogP contribution in [0.25, 0.3) is 0 Å². The maximum Gasteiger partial charge on any atom is 0.227 e. The molecule has 1 aromatic carbocycles. The van der Waals surface area contributed by atoms with Crippen molar-refractivity contribution < 1.29 is 4.79 Å². The van der Waals surface area contributed by atoms with Gasteiger partial charge in [-0.1, -0.05) is 30.7 Å². The number of hydrogen-bond donors (Lipinski definition) is 2. The van der Waals surface area contributed by atoms with Gasteiger partial charge in [-0.25, -0.2) is 0 Å². The van der Waals surface area contributed by atoms with E-state index in [4.69, 9.17) is 5.73 Å². The monoisotopic (exact) mass is 246 g/mol. The molecule has 0 atom stereocenters. The number of carbonyl (C=O) groups excluding carboxylic acids is 1. The van der Waals surface area contributed by atoms with Crippen molar-refractivity contribution in [2.45, 2.75) is 32.6 Å². The molecule has 1 amide bonds. The summed E-state index contributed by atoms with van der Waals surface area (Å²) < 4.78 is 0. The van der Waals surface area contributed by atoms with Crippen LogP contribution in [0.5, 0.6) is 0 Å². The molecular weight excluding hydrogens is 224 g/mol. The van der Waals surface area contributed by atoms with Gasteiger partial charge in [-0.3, -0.25) is 4.79 Å². The van der Waals surface area contributed by atoms with Crippen LogP contribution in [0, 0.1) is 12.3 Å². The molecule has 0 radical (unpaired) electrons. The highest BCUT2D eigenvalue weighted by Crippen LogP contribution is 2.39. The maximum absolute atomic E-state index is 12.1. The second-order valence-corrected chi connectivity index (χ2v) is 5.27. The summed E-state index contributed by atoms with van der Waals surface area (Å²) in [5, 5.41) is 3.03. The summed E-state index contributed by atoms with van der Waals surface area (Å²) in [6.45, 7) is 3.28. The molecule has 3 nitrogen and oxygen atoms in total. The summed E-state index contributed by atoms with van der Waals surface area (Å²) in [7, 11) is 0. The fraction of sp³-hybridized carbons (Fsp3) is 0.533. The second-order valence-electron chi connectivity index (χ2n) is 5.27. The summed E-state index contributed by atoms with van der Waals surface area (Å²) in [4.78, 5) is 12.1. The van der Waals surface area contributed by atoms with E-state index >= 15 is 0 Å². The van der Waals surface area contributed by atoms with Crippen LogP contribution in [-0.2, 0) is 11.2 Å². The highest BCUT2D eigenvalue weighted by atomic mass is 16.2. The van der Waals surface area contributed by atoms with Crippen molar-refractivity contribution >= 4 is 5.91 Å². The van der Waals surface area contributed by atoms with Gasteiger partial charge < -0.3 is 11.1 Å². The van der Waals surface area contributed by atoms with E-state index in [9.17, 15) is 4.79 Å². The molecule has 0 saturated heterocycles. The van der Waals surface area contributed by atoms with Crippen LogP contribution >= 0.6 is 0 Å². The number of nitrogens with two attached hydrogens (primary N) is 1. The topological polar surface area (TPSA) is 55.1 Å². The lowest BCUT2D eigenvalue weighted by atomic mass is 9.68. The molecule has 1 aliphatic carbocycles. The number of hydrogen-bond acceptors (Lipinski definition) is 2. The number of benzene rings is 1. The Morgan fingerprint density at radius 1 is 1.39 bits per heavy atom. The van der Waals surface area contributed by atoms with Crippen LogP contribution < -0.4 is 11.1 Å². The van der Waals surface area contributed by atoms with Crippen LogP contribution in [0.2, 0.25) is 0 Å². The molecule has 1 fully saturated rings. The predicted octanol–water partition coefficient (Wildman–Crippen LogP) is 1.78. The zero-order valence-corrected chi connectivity index (χ0v) is 11.0. The summed E-state index contributed by atoms with van der Waals surface area (Å²) in [6, 6.07) is 8.29. The quantitative estimate of drug-likeness (QED) is 0.832. The molecule has 0 aliphatic heterocycles. The Hall–Kier alpha value is -1.35. The van der Waals surface area contributed by atoms with E-state index in [0.29, 0.717) is 13.1 Å². The molecule has 3 heteroatoms. The zero-order valence-electron chi connectivity index (χ0n) is 11.0. The first-order valence-electron chi connectivity index (χ1n) is 6.71. The van der Waals surface area contributed by atoms with Gasteiger partial charge in [0.05, 0.1) is 5.41 Å². The molecule has 18 heavy (non-hydrogen) atoms. The first-order valence-corrected chi connectivity index (χ1v) is 6.71. The van der Waals surface area contributed by atoms with Gasteiger partial charge in [-0.05, 0) is 37.3 Å². The summed E-state index contributed by atoms with van der Waals surface area (Å²) in [5.74, 6) is 0.143. The SMILES string of the molecule is Cc1ccccc1CCNC(=O)C1(CN)CCC1. The largest absolute Gasteiger partial charge is 0.355 e. The summed E-state index contributed by atoms with van der Waals surface area (Å²) in [5.41, 5.74) is 8.04. The summed E-state index contributed by atoms with van der Waals surface area (Å²) >= 11 is 0. The van der Waals surface area contributed by atoms with E-state index in [0.717, 1.165) is 25.7 Å². The number of rotatable bonds is 5. The molecule has 1 aliphatic rings. The lowest BCUT2D eigenvalue weighted by molar-refractivity contribution is -0.135. The Morgan fingerprint density at radius 3 is 2.67 bits per heavy atom. The van der Waals surface area contributed by atoms with Crippen LogP contribution in [0.1, 0.15) is 30.4 Å². The van der Waals surface area contributed by atoms with Crippen LogP contribution in [0.15, 0.2) is 24.3 Å². The van der Waals surface area contributed by atoms with Crippen molar-refractivity contribution in [2.24, 2.45) is 11.1 Å². The smallest absolute Gasteiger partial charge is 0.227 e. The minimum atomic E-state index is -0.258. The molecule has 1 saturated carbocycles. The number of amides is 1.